The van der Waals surface area contributed by atoms with E-state index in [4.69, 9.17) is 9.26 Å². The van der Waals surface area contributed by atoms with Crippen molar-refractivity contribution in [2.75, 3.05) is 0 Å². The average Bonchev–Trinajstić information content (AvgIpc) is 3.17. The van der Waals surface area contributed by atoms with Gasteiger partial charge in [-0.25, -0.2) is 0 Å². The molecule has 19 heavy (non-hydrogen) atoms. The Morgan fingerprint density at radius 2 is 2.26 bits per heavy atom. The summed E-state index contributed by atoms with van der Waals surface area (Å²) in [5, 5.41) is 13.2. The Morgan fingerprint density at radius 3 is 3.00 bits per heavy atom. The lowest BCUT2D eigenvalue weighted by Crippen LogP contribution is -2.00. The minimum Gasteiger partial charge on any atom is -0.482 e. The smallest absolute Gasteiger partial charge is 0.264 e. The minimum absolute atomic E-state index is 0.0774. The highest BCUT2D eigenvalue weighted by Gasteiger charge is 2.28. The lowest BCUT2D eigenvalue weighted by molar-refractivity contribution is 0.227. The molecule has 1 aliphatic carbocycles. The Labute approximate surface area is 118 Å². The van der Waals surface area contributed by atoms with Crippen LogP contribution in [0.4, 0.5) is 0 Å². The van der Waals surface area contributed by atoms with E-state index >= 15 is 0 Å². The molecule has 3 rings (SSSR count). The molecule has 1 aliphatic rings. The van der Waals surface area contributed by atoms with Gasteiger partial charge < -0.3 is 14.4 Å². The fraction of sp³-hybridized carbons (Fsp3) is 0.385. The summed E-state index contributed by atoms with van der Waals surface area (Å²) in [4.78, 5) is 4.29. The number of nitrogens with zero attached hydrogens (tertiary/aromatic N) is 2. The van der Waals surface area contributed by atoms with E-state index in [9.17, 15) is 5.11 Å². The van der Waals surface area contributed by atoms with Gasteiger partial charge >= 0.3 is 0 Å². The Morgan fingerprint density at radius 1 is 1.42 bits per heavy atom. The highest BCUT2D eigenvalue weighted by molar-refractivity contribution is 9.10. The fourth-order valence-corrected chi connectivity index (χ4v) is 2.33. The number of rotatable bonds is 5. The van der Waals surface area contributed by atoms with Crippen LogP contribution in [0.5, 0.6) is 5.75 Å². The maximum Gasteiger partial charge on any atom is 0.264 e. The second-order valence-electron chi connectivity index (χ2n) is 4.50. The van der Waals surface area contributed by atoms with Crippen LogP contribution in [-0.2, 0) is 13.2 Å². The van der Waals surface area contributed by atoms with Crippen LogP contribution in [0, 0.1) is 0 Å². The number of aromatic nitrogens is 2. The minimum atomic E-state index is -0.0774. The Kier molecular flexibility index (Phi) is 3.52. The third-order valence-electron chi connectivity index (χ3n) is 2.99. The molecule has 1 aromatic heterocycles. The number of aliphatic hydroxyl groups excluding tert-OH is 1. The lowest BCUT2D eigenvalue weighted by atomic mass is 10.2. The van der Waals surface area contributed by atoms with E-state index in [-0.39, 0.29) is 13.2 Å². The van der Waals surface area contributed by atoms with Gasteiger partial charge in [0.15, 0.2) is 12.4 Å². The number of para-hydroxylation sites is 1. The zero-order chi connectivity index (χ0) is 13.2. The van der Waals surface area contributed by atoms with Gasteiger partial charge in [-0.15, -0.1) is 0 Å². The van der Waals surface area contributed by atoms with Crippen molar-refractivity contribution < 1.29 is 14.4 Å². The van der Waals surface area contributed by atoms with E-state index in [0.717, 1.165) is 28.7 Å². The summed E-state index contributed by atoms with van der Waals surface area (Å²) in [6.45, 7) is 0.126. The highest BCUT2D eigenvalue weighted by atomic mass is 79.9. The predicted molar refractivity (Wildman–Crippen MR) is 70.7 cm³/mol. The molecule has 0 saturated heterocycles. The molecule has 100 valence electrons. The standard InChI is InChI=1S/C13H13BrN2O3/c14-10-3-1-2-9(6-17)12(10)18-7-11-15-13(16-19-11)8-4-5-8/h1-3,8,17H,4-7H2. The van der Waals surface area contributed by atoms with Crippen LogP contribution in [0.15, 0.2) is 27.2 Å². The Balaban J connectivity index is 1.71. The van der Waals surface area contributed by atoms with Gasteiger partial charge in [-0.3, -0.25) is 0 Å². The highest BCUT2D eigenvalue weighted by Crippen LogP contribution is 2.38. The second kappa shape index (κ2) is 5.30. The summed E-state index contributed by atoms with van der Waals surface area (Å²) < 4.78 is 11.6. The molecular weight excluding hydrogens is 312 g/mol. The number of aliphatic hydroxyl groups is 1. The molecule has 0 aliphatic heterocycles. The number of hydrogen-bond donors (Lipinski definition) is 1. The van der Waals surface area contributed by atoms with Crippen molar-refractivity contribution in [2.45, 2.75) is 32.0 Å². The van der Waals surface area contributed by atoms with Gasteiger partial charge in [0, 0.05) is 11.5 Å². The van der Waals surface area contributed by atoms with Gasteiger partial charge in [0.1, 0.15) is 5.75 Å². The number of ether oxygens (including phenoxy) is 1. The zero-order valence-corrected chi connectivity index (χ0v) is 11.8. The van der Waals surface area contributed by atoms with Gasteiger partial charge in [0.05, 0.1) is 11.1 Å². The third-order valence-corrected chi connectivity index (χ3v) is 3.61. The number of halogens is 1. The van der Waals surface area contributed by atoms with Gasteiger partial charge in [-0.05, 0) is 34.8 Å². The summed E-state index contributed by atoms with van der Waals surface area (Å²) >= 11 is 3.40. The first-order chi connectivity index (χ1) is 9.28. The molecule has 1 fully saturated rings. The van der Waals surface area contributed by atoms with Crippen molar-refractivity contribution in [3.8, 4) is 5.75 Å². The predicted octanol–water partition coefficient (Wildman–Crippen LogP) is 2.78. The molecule has 2 aromatic rings. The fourth-order valence-electron chi connectivity index (χ4n) is 1.81. The number of hydrogen-bond acceptors (Lipinski definition) is 5. The van der Waals surface area contributed by atoms with Crippen LogP contribution < -0.4 is 4.74 Å². The molecule has 6 heteroatoms. The third kappa shape index (κ3) is 2.79. The molecule has 0 amide bonds. The molecule has 0 atom stereocenters. The Hall–Kier alpha value is -1.40. The van der Waals surface area contributed by atoms with Gasteiger partial charge in [-0.1, -0.05) is 17.3 Å². The summed E-state index contributed by atoms with van der Waals surface area (Å²) in [7, 11) is 0. The summed E-state index contributed by atoms with van der Waals surface area (Å²) in [6.07, 6.45) is 2.28. The molecule has 0 radical (unpaired) electrons. The van der Waals surface area contributed by atoms with Crippen LogP contribution >= 0.6 is 15.9 Å². The summed E-state index contributed by atoms with van der Waals surface area (Å²) in [5.41, 5.74) is 0.719. The SMILES string of the molecule is OCc1cccc(Br)c1OCc1nc(C2CC2)no1. The molecule has 1 heterocycles. The molecular formula is C13H13BrN2O3. The van der Waals surface area contributed by atoms with Crippen molar-refractivity contribution in [1.29, 1.82) is 0 Å². The first-order valence-electron chi connectivity index (χ1n) is 6.11. The second-order valence-corrected chi connectivity index (χ2v) is 5.35. The van der Waals surface area contributed by atoms with E-state index in [1.54, 1.807) is 0 Å². The van der Waals surface area contributed by atoms with Crippen LogP contribution in [0.2, 0.25) is 0 Å². The maximum atomic E-state index is 9.27. The normalized spacial score (nSPS) is 14.6. The quantitative estimate of drug-likeness (QED) is 0.915. The monoisotopic (exact) mass is 324 g/mol. The first kappa shape index (κ1) is 12.6. The van der Waals surface area contributed by atoms with E-state index in [1.807, 2.05) is 18.2 Å². The van der Waals surface area contributed by atoms with Gasteiger partial charge in [0.2, 0.25) is 0 Å². The van der Waals surface area contributed by atoms with Crippen molar-refractivity contribution >= 4 is 15.9 Å². The molecule has 0 bridgehead atoms. The molecule has 1 saturated carbocycles. The topological polar surface area (TPSA) is 68.4 Å². The van der Waals surface area contributed by atoms with Gasteiger partial charge in [0.25, 0.3) is 5.89 Å². The summed E-state index contributed by atoms with van der Waals surface area (Å²) in [6, 6.07) is 5.52. The summed E-state index contributed by atoms with van der Waals surface area (Å²) in [5.74, 6) is 2.31. The molecule has 5 nitrogen and oxygen atoms in total. The van der Waals surface area contributed by atoms with Gasteiger partial charge in [-0.2, -0.15) is 4.98 Å². The van der Waals surface area contributed by atoms with Crippen molar-refractivity contribution in [1.82, 2.24) is 10.1 Å². The van der Waals surface area contributed by atoms with Crippen molar-refractivity contribution in [3.63, 3.8) is 0 Å². The Bertz CT molecular complexity index is 581. The van der Waals surface area contributed by atoms with E-state index in [1.165, 1.54) is 0 Å². The van der Waals surface area contributed by atoms with Crippen LogP contribution in [-0.4, -0.2) is 15.2 Å². The average molecular weight is 325 g/mol. The maximum absolute atomic E-state index is 9.27. The largest absolute Gasteiger partial charge is 0.482 e. The van der Waals surface area contributed by atoms with Crippen molar-refractivity contribution in [2.24, 2.45) is 0 Å². The van der Waals surface area contributed by atoms with Crippen LogP contribution in [0.3, 0.4) is 0 Å². The molecule has 0 spiro atoms. The number of benzene rings is 1. The van der Waals surface area contributed by atoms with Crippen molar-refractivity contribution in [3.05, 3.63) is 40.0 Å². The molecule has 1 N–H and O–H groups in total. The molecule has 0 unspecified atom stereocenters. The molecule has 1 aromatic carbocycles. The van der Waals surface area contributed by atoms with Crippen LogP contribution in [0.25, 0.3) is 0 Å². The first-order valence-corrected chi connectivity index (χ1v) is 6.90. The zero-order valence-electron chi connectivity index (χ0n) is 10.2. The lowest BCUT2D eigenvalue weighted by Gasteiger charge is -2.09. The van der Waals surface area contributed by atoms with E-state index in [0.29, 0.717) is 17.6 Å². The van der Waals surface area contributed by atoms with E-state index in [2.05, 4.69) is 26.1 Å². The van der Waals surface area contributed by atoms with E-state index < -0.39 is 0 Å². The van der Waals surface area contributed by atoms with Crippen LogP contribution in [0.1, 0.15) is 36.0 Å².